The van der Waals surface area contributed by atoms with Gasteiger partial charge in [-0.15, -0.1) is 0 Å². The van der Waals surface area contributed by atoms with Crippen LogP contribution >= 0.6 is 11.6 Å². The lowest BCUT2D eigenvalue weighted by atomic mass is 10.2. The van der Waals surface area contributed by atoms with Crippen molar-refractivity contribution in [2.75, 3.05) is 20.3 Å². The van der Waals surface area contributed by atoms with Crippen LogP contribution in [0, 0.1) is 0 Å². The molecule has 2 aromatic rings. The Bertz CT molecular complexity index is 540. The van der Waals surface area contributed by atoms with E-state index in [-0.39, 0.29) is 6.04 Å². The molecule has 19 heavy (non-hydrogen) atoms. The molecule has 0 bridgehead atoms. The van der Waals surface area contributed by atoms with Crippen LogP contribution < -0.4 is 5.32 Å². The average molecular weight is 284 g/mol. The van der Waals surface area contributed by atoms with Crippen molar-refractivity contribution < 1.29 is 14.3 Å². The normalized spacial score (nSPS) is 14.7. The molecule has 0 radical (unpaired) electrons. The number of ether oxygens (including phenoxy) is 1. The summed E-state index contributed by atoms with van der Waals surface area (Å²) < 4.78 is 10.6. The third kappa shape index (κ3) is 3.70. The first kappa shape index (κ1) is 14.3. The minimum absolute atomic E-state index is 0.0117. The Kier molecular flexibility index (Phi) is 4.82. The largest absolute Gasteiger partial charge is 0.459 e. The smallest absolute Gasteiger partial charge is 0.134 e. The standard InChI is InChI=1S/C14H18ClNO3/c1-9(16-7-12(17)8-18-2)14-6-10-5-11(15)3-4-13(10)19-14/h3-6,9,12,16-17H,7-8H2,1-2H3/t9-,12+/m0/s1. The van der Waals surface area contributed by atoms with Gasteiger partial charge in [0, 0.05) is 24.1 Å². The number of aliphatic hydroxyl groups is 1. The molecule has 0 saturated heterocycles. The van der Waals surface area contributed by atoms with Gasteiger partial charge in [0.1, 0.15) is 11.3 Å². The Labute approximate surface area is 117 Å². The van der Waals surface area contributed by atoms with Crippen LogP contribution in [0.3, 0.4) is 0 Å². The topological polar surface area (TPSA) is 54.6 Å². The van der Waals surface area contributed by atoms with Gasteiger partial charge in [-0.05, 0) is 31.2 Å². The summed E-state index contributed by atoms with van der Waals surface area (Å²) in [5.74, 6) is 0.821. The first-order chi connectivity index (χ1) is 9.10. The Hall–Kier alpha value is -1.07. The minimum atomic E-state index is -0.522. The average Bonchev–Trinajstić information content (AvgIpc) is 2.79. The van der Waals surface area contributed by atoms with Gasteiger partial charge in [-0.2, -0.15) is 0 Å². The number of fused-ring (bicyclic) bond motifs is 1. The quantitative estimate of drug-likeness (QED) is 0.856. The third-order valence-corrected chi connectivity index (χ3v) is 3.18. The Morgan fingerprint density at radius 3 is 2.95 bits per heavy atom. The number of hydrogen-bond acceptors (Lipinski definition) is 4. The van der Waals surface area contributed by atoms with Crippen LogP contribution in [0.2, 0.25) is 5.02 Å². The van der Waals surface area contributed by atoms with Crippen LogP contribution in [0.25, 0.3) is 11.0 Å². The van der Waals surface area contributed by atoms with E-state index in [2.05, 4.69) is 5.32 Å². The molecule has 0 aliphatic heterocycles. The molecule has 0 aliphatic rings. The fraction of sp³-hybridized carbons (Fsp3) is 0.429. The number of benzene rings is 1. The van der Waals surface area contributed by atoms with Crippen molar-refractivity contribution in [1.29, 1.82) is 0 Å². The number of furan rings is 1. The van der Waals surface area contributed by atoms with Crippen LogP contribution in [-0.4, -0.2) is 31.5 Å². The first-order valence-corrected chi connectivity index (χ1v) is 6.57. The second-order valence-electron chi connectivity index (χ2n) is 4.57. The van der Waals surface area contributed by atoms with Crippen molar-refractivity contribution in [3.63, 3.8) is 0 Å². The van der Waals surface area contributed by atoms with Gasteiger partial charge in [0.15, 0.2) is 0 Å². The zero-order valence-corrected chi connectivity index (χ0v) is 11.8. The van der Waals surface area contributed by atoms with Crippen molar-refractivity contribution >= 4 is 22.6 Å². The number of aliphatic hydroxyl groups excluding tert-OH is 1. The monoisotopic (exact) mass is 283 g/mol. The fourth-order valence-electron chi connectivity index (χ4n) is 1.91. The summed E-state index contributed by atoms with van der Waals surface area (Å²) in [6.45, 7) is 2.75. The van der Waals surface area contributed by atoms with E-state index in [0.717, 1.165) is 16.7 Å². The summed E-state index contributed by atoms with van der Waals surface area (Å²) in [7, 11) is 1.57. The molecule has 4 nitrogen and oxygen atoms in total. The van der Waals surface area contributed by atoms with Crippen LogP contribution in [-0.2, 0) is 4.74 Å². The van der Waals surface area contributed by atoms with Gasteiger partial charge in [0.2, 0.25) is 0 Å². The molecule has 0 saturated carbocycles. The Morgan fingerprint density at radius 2 is 2.21 bits per heavy atom. The zero-order valence-electron chi connectivity index (χ0n) is 11.0. The van der Waals surface area contributed by atoms with E-state index < -0.39 is 6.10 Å². The highest BCUT2D eigenvalue weighted by molar-refractivity contribution is 6.31. The molecular weight excluding hydrogens is 266 g/mol. The van der Waals surface area contributed by atoms with Crippen molar-refractivity contribution in [1.82, 2.24) is 5.32 Å². The highest BCUT2D eigenvalue weighted by Crippen LogP contribution is 2.26. The minimum Gasteiger partial charge on any atom is -0.459 e. The van der Waals surface area contributed by atoms with Crippen LogP contribution in [0.1, 0.15) is 18.7 Å². The SMILES string of the molecule is COC[C@H](O)CN[C@@H](C)c1cc2cc(Cl)ccc2o1. The first-order valence-electron chi connectivity index (χ1n) is 6.19. The molecule has 2 atom stereocenters. The molecule has 2 rings (SSSR count). The van der Waals surface area contributed by atoms with E-state index in [4.69, 9.17) is 20.8 Å². The van der Waals surface area contributed by atoms with Gasteiger partial charge < -0.3 is 19.6 Å². The number of methoxy groups -OCH3 is 1. The number of hydrogen-bond donors (Lipinski definition) is 2. The van der Waals surface area contributed by atoms with Gasteiger partial charge in [0.25, 0.3) is 0 Å². The maximum atomic E-state index is 9.59. The maximum absolute atomic E-state index is 9.59. The van der Waals surface area contributed by atoms with Crippen LogP contribution in [0.15, 0.2) is 28.7 Å². The van der Waals surface area contributed by atoms with Gasteiger partial charge >= 0.3 is 0 Å². The molecular formula is C14H18ClNO3. The molecule has 0 fully saturated rings. The van der Waals surface area contributed by atoms with Gasteiger partial charge in [0.05, 0.1) is 18.8 Å². The number of halogens is 1. The second kappa shape index (κ2) is 6.39. The van der Waals surface area contributed by atoms with E-state index in [0.29, 0.717) is 18.2 Å². The molecule has 104 valence electrons. The summed E-state index contributed by atoms with van der Waals surface area (Å²) >= 11 is 5.94. The number of nitrogens with one attached hydrogen (secondary N) is 1. The van der Waals surface area contributed by atoms with E-state index in [1.807, 2.05) is 25.1 Å². The van der Waals surface area contributed by atoms with E-state index in [1.165, 1.54) is 0 Å². The summed E-state index contributed by atoms with van der Waals surface area (Å²) in [5.41, 5.74) is 0.811. The van der Waals surface area contributed by atoms with Gasteiger partial charge in [-0.1, -0.05) is 11.6 Å². The number of rotatable bonds is 6. The highest BCUT2D eigenvalue weighted by atomic mass is 35.5. The zero-order chi connectivity index (χ0) is 13.8. The maximum Gasteiger partial charge on any atom is 0.134 e. The summed E-state index contributed by atoms with van der Waals surface area (Å²) in [6, 6.07) is 7.50. The lowest BCUT2D eigenvalue weighted by Crippen LogP contribution is -2.31. The third-order valence-electron chi connectivity index (χ3n) is 2.94. The summed E-state index contributed by atoms with van der Waals surface area (Å²) in [6.07, 6.45) is -0.522. The molecule has 1 aromatic carbocycles. The second-order valence-corrected chi connectivity index (χ2v) is 5.01. The van der Waals surface area contributed by atoms with E-state index >= 15 is 0 Å². The van der Waals surface area contributed by atoms with Crippen molar-refractivity contribution in [3.8, 4) is 0 Å². The Balaban J connectivity index is 2.02. The van der Waals surface area contributed by atoms with E-state index in [9.17, 15) is 5.11 Å². The highest BCUT2D eigenvalue weighted by Gasteiger charge is 2.13. The van der Waals surface area contributed by atoms with Crippen molar-refractivity contribution in [2.45, 2.75) is 19.1 Å². The van der Waals surface area contributed by atoms with Crippen molar-refractivity contribution in [2.24, 2.45) is 0 Å². The molecule has 5 heteroatoms. The summed E-state index contributed by atoms with van der Waals surface area (Å²) in [5, 5.41) is 14.5. The van der Waals surface area contributed by atoms with Crippen LogP contribution in [0.4, 0.5) is 0 Å². The summed E-state index contributed by atoms with van der Waals surface area (Å²) in [4.78, 5) is 0. The predicted molar refractivity (Wildman–Crippen MR) is 75.5 cm³/mol. The van der Waals surface area contributed by atoms with Crippen molar-refractivity contribution in [3.05, 3.63) is 35.0 Å². The molecule has 0 unspecified atom stereocenters. The predicted octanol–water partition coefficient (Wildman–Crippen LogP) is 2.74. The molecule has 1 heterocycles. The molecule has 0 spiro atoms. The lowest BCUT2D eigenvalue weighted by Gasteiger charge is -2.14. The molecule has 0 amide bonds. The van der Waals surface area contributed by atoms with Gasteiger partial charge in [-0.3, -0.25) is 0 Å². The molecule has 0 aliphatic carbocycles. The van der Waals surface area contributed by atoms with Crippen LogP contribution in [0.5, 0.6) is 0 Å². The van der Waals surface area contributed by atoms with Gasteiger partial charge in [-0.25, -0.2) is 0 Å². The lowest BCUT2D eigenvalue weighted by molar-refractivity contribution is 0.0626. The van der Waals surface area contributed by atoms with E-state index in [1.54, 1.807) is 13.2 Å². The molecule has 2 N–H and O–H groups in total. The Morgan fingerprint density at radius 1 is 1.42 bits per heavy atom. The fourth-order valence-corrected chi connectivity index (χ4v) is 2.09. The molecule has 1 aromatic heterocycles.